The second-order valence-corrected chi connectivity index (χ2v) is 7.39. The Labute approximate surface area is 177 Å². The highest BCUT2D eigenvalue weighted by atomic mass is 32.2. The molecule has 0 bridgehead atoms. The average Bonchev–Trinajstić information content (AvgIpc) is 3.04. The van der Waals surface area contributed by atoms with Crippen molar-refractivity contribution in [3.05, 3.63) is 47.0 Å². The minimum Gasteiger partial charge on any atom is -0.393 e. The van der Waals surface area contributed by atoms with E-state index in [1.807, 2.05) is 11.0 Å². The summed E-state index contributed by atoms with van der Waals surface area (Å²) in [5.74, 6) is 1.39. The molecule has 0 saturated heterocycles. The van der Waals surface area contributed by atoms with E-state index in [-0.39, 0.29) is 16.1 Å². The summed E-state index contributed by atoms with van der Waals surface area (Å²) in [6.07, 6.45) is 1.73. The van der Waals surface area contributed by atoms with Crippen LogP contribution in [0, 0.1) is 0 Å². The molecule has 0 radical (unpaired) electrons. The second-order valence-electron chi connectivity index (χ2n) is 6.26. The zero-order valence-corrected chi connectivity index (χ0v) is 16.9. The van der Waals surface area contributed by atoms with Crippen LogP contribution in [0.1, 0.15) is 14.6 Å². The van der Waals surface area contributed by atoms with Crippen LogP contribution in [-0.2, 0) is 11.8 Å². The first-order valence-electron chi connectivity index (χ1n) is 9.03. The van der Waals surface area contributed by atoms with Gasteiger partial charge in [-0.3, -0.25) is 9.59 Å². The average molecular weight is 420 g/mol. The van der Waals surface area contributed by atoms with Crippen LogP contribution in [0.2, 0.25) is 0 Å². The molecule has 3 rings (SSSR count). The number of nitrogens with zero attached hydrogens (tertiary/aromatic N) is 4. The Morgan fingerprint density at radius 3 is 2.62 bits per heavy atom. The normalized spacial score (nSPS) is 13.6. The number of hydrogen-bond donors (Lipinski definition) is 3. The number of anilines is 2. The maximum absolute atomic E-state index is 12.5. The largest absolute Gasteiger partial charge is 0.393 e. The fourth-order valence-electron chi connectivity index (χ4n) is 2.84. The Morgan fingerprint density at radius 1 is 1.28 bits per heavy atom. The van der Waals surface area contributed by atoms with Crippen LogP contribution < -0.4 is 21.3 Å². The molecule has 1 aromatic carbocycles. The Bertz CT molecular complexity index is 954. The van der Waals surface area contributed by atoms with Crippen LogP contribution in [0.15, 0.2) is 46.4 Å². The van der Waals surface area contributed by atoms with Crippen LogP contribution in [0.5, 0.6) is 0 Å². The quantitative estimate of drug-likeness (QED) is 0.467. The second kappa shape index (κ2) is 9.28. The van der Waals surface area contributed by atoms with Crippen molar-refractivity contribution in [2.24, 2.45) is 12.0 Å². The highest BCUT2D eigenvalue weighted by Gasteiger charge is 2.23. The van der Waals surface area contributed by atoms with Crippen LogP contribution >= 0.6 is 11.8 Å². The number of rotatable bonds is 7. The summed E-state index contributed by atoms with van der Waals surface area (Å²) in [5.41, 5.74) is 7.12. The van der Waals surface area contributed by atoms with Crippen LogP contribution in [-0.4, -0.2) is 53.7 Å². The van der Waals surface area contributed by atoms with Crippen molar-refractivity contribution < 1.29 is 13.9 Å². The van der Waals surface area contributed by atoms with E-state index < -0.39 is 0 Å². The van der Waals surface area contributed by atoms with E-state index in [1.165, 1.54) is 11.8 Å². The molecule has 1 aromatic heterocycles. The van der Waals surface area contributed by atoms with Crippen molar-refractivity contribution in [3.63, 3.8) is 0 Å². The Hall–Kier alpha value is -3.27. The monoisotopic (exact) mass is 419 g/mol. The molecule has 0 spiro atoms. The molecular weight excluding hydrogens is 390 g/mol. The number of nitrogen functional groups attached to an aromatic ring is 1. The topological polar surface area (TPSA) is 118 Å². The number of aromatic nitrogens is 2. The molecule has 0 saturated carbocycles. The van der Waals surface area contributed by atoms with Gasteiger partial charge >= 0.3 is 0 Å². The number of aryl methyl sites for hydroxylation is 1. The number of benzene rings is 1. The predicted octanol–water partition coefficient (Wildman–Crippen LogP) is 2.01. The Balaban J connectivity index is 0.00000320. The maximum Gasteiger partial charge on any atom is 0.259 e. The summed E-state index contributed by atoms with van der Waals surface area (Å²) >= 11 is 1.46. The summed E-state index contributed by atoms with van der Waals surface area (Å²) in [7, 11) is 1.74. The van der Waals surface area contributed by atoms with Gasteiger partial charge in [0.05, 0.1) is 4.91 Å². The number of hydrogen-bond acceptors (Lipinski definition) is 7. The predicted molar refractivity (Wildman–Crippen MR) is 123 cm³/mol. The summed E-state index contributed by atoms with van der Waals surface area (Å²) in [5, 5.41) is 9.97. The van der Waals surface area contributed by atoms with E-state index >= 15 is 0 Å². The van der Waals surface area contributed by atoms with Crippen molar-refractivity contribution >= 4 is 47.6 Å². The summed E-state index contributed by atoms with van der Waals surface area (Å²) in [6.45, 7) is 4.84. The van der Waals surface area contributed by atoms with Gasteiger partial charge in [0.2, 0.25) is 0 Å². The number of carbonyl (C=O) groups excluding carboxylic acids is 2. The minimum absolute atomic E-state index is 0. The van der Waals surface area contributed by atoms with E-state index in [0.717, 1.165) is 5.75 Å². The zero-order valence-electron chi connectivity index (χ0n) is 16.1. The van der Waals surface area contributed by atoms with Crippen molar-refractivity contribution in [3.8, 4) is 0 Å². The molecule has 2 aromatic rings. The molecule has 1 aliphatic heterocycles. The van der Waals surface area contributed by atoms with Gasteiger partial charge in [-0.25, -0.2) is 9.67 Å². The third-order valence-corrected chi connectivity index (χ3v) is 5.26. The number of amides is 2. The lowest BCUT2D eigenvalue weighted by Gasteiger charge is -2.24. The number of carbonyl (C=O) groups is 2. The first kappa shape index (κ1) is 20.5. The fraction of sp³-hybridized carbons (Fsp3) is 0.263. The molecule has 1 aliphatic rings. The number of nitrogens with two attached hydrogens (primary N) is 1. The standard InChI is InChI=1S/C19H23N7O2S.3H2/c1-21-16-15(20)17(24-25(16)2)26-10-11-29-14(12-26)19(28)23-9-8-22-18(27)13-6-4-3-5-7-13;;;/h3-7,12H,1,8-11,20H2,2H3,(H,22,27)(H,23,28);3*1H. The summed E-state index contributed by atoms with van der Waals surface area (Å²) in [6, 6.07) is 8.93. The third kappa shape index (κ3) is 4.77. The molecule has 4 N–H and O–H groups in total. The molecule has 29 heavy (non-hydrogen) atoms. The number of nitrogens with one attached hydrogen (secondary N) is 2. The fourth-order valence-corrected chi connectivity index (χ4v) is 3.75. The molecule has 9 nitrogen and oxygen atoms in total. The van der Waals surface area contributed by atoms with Gasteiger partial charge in [0.25, 0.3) is 11.8 Å². The van der Waals surface area contributed by atoms with Crippen LogP contribution in [0.4, 0.5) is 17.3 Å². The van der Waals surface area contributed by atoms with Crippen molar-refractivity contribution in [2.45, 2.75) is 0 Å². The van der Waals surface area contributed by atoms with Gasteiger partial charge < -0.3 is 21.3 Å². The summed E-state index contributed by atoms with van der Waals surface area (Å²) in [4.78, 5) is 30.8. The molecule has 0 aliphatic carbocycles. The van der Waals surface area contributed by atoms with E-state index in [9.17, 15) is 9.59 Å². The number of thioether (sulfide) groups is 1. The SMILES string of the molecule is C=Nc1c(N)c(N2C=C(C(=O)NCCNC(=O)c3ccccc3)SCC2)nn1C.[HH].[HH].[HH]. The maximum atomic E-state index is 12.5. The third-order valence-electron chi connectivity index (χ3n) is 4.27. The van der Waals surface area contributed by atoms with Gasteiger partial charge in [0.1, 0.15) is 5.69 Å². The lowest BCUT2D eigenvalue weighted by molar-refractivity contribution is -0.116. The van der Waals surface area contributed by atoms with Crippen molar-refractivity contribution in [2.75, 3.05) is 36.0 Å². The van der Waals surface area contributed by atoms with Gasteiger partial charge in [0, 0.05) is 48.5 Å². The smallest absolute Gasteiger partial charge is 0.259 e. The lowest BCUT2D eigenvalue weighted by Crippen LogP contribution is -2.36. The van der Waals surface area contributed by atoms with E-state index in [0.29, 0.717) is 47.4 Å². The number of aliphatic imine (C=N–C) groups is 1. The molecular formula is C19H29N7O2S. The zero-order chi connectivity index (χ0) is 20.8. The summed E-state index contributed by atoms with van der Waals surface area (Å²) < 4.78 is 1.56. The van der Waals surface area contributed by atoms with Gasteiger partial charge in [-0.2, -0.15) is 5.10 Å². The molecule has 158 valence electrons. The molecule has 0 fully saturated rings. The highest BCUT2D eigenvalue weighted by molar-refractivity contribution is 8.04. The highest BCUT2D eigenvalue weighted by Crippen LogP contribution is 2.34. The van der Waals surface area contributed by atoms with Gasteiger partial charge in [-0.05, 0) is 18.9 Å². The molecule has 2 amide bonds. The van der Waals surface area contributed by atoms with Gasteiger partial charge in [-0.15, -0.1) is 11.8 Å². The molecule has 10 heteroatoms. The van der Waals surface area contributed by atoms with E-state index in [2.05, 4.69) is 27.4 Å². The van der Waals surface area contributed by atoms with Crippen LogP contribution in [0.25, 0.3) is 0 Å². The minimum atomic E-state index is -0.203. The molecule has 0 unspecified atom stereocenters. The molecule has 2 heterocycles. The van der Waals surface area contributed by atoms with Crippen molar-refractivity contribution in [1.82, 2.24) is 20.4 Å². The molecule has 0 atom stereocenters. The van der Waals surface area contributed by atoms with E-state index in [4.69, 9.17) is 5.73 Å². The first-order valence-corrected chi connectivity index (χ1v) is 10.0. The Kier molecular flexibility index (Phi) is 6.55. The van der Waals surface area contributed by atoms with Gasteiger partial charge in [0.15, 0.2) is 11.6 Å². The van der Waals surface area contributed by atoms with Crippen molar-refractivity contribution in [1.29, 1.82) is 0 Å². The van der Waals surface area contributed by atoms with E-state index in [1.54, 1.807) is 42.2 Å². The Morgan fingerprint density at radius 2 is 1.97 bits per heavy atom. The first-order chi connectivity index (χ1) is 14.0. The lowest BCUT2D eigenvalue weighted by atomic mass is 10.2. The van der Waals surface area contributed by atoms with Crippen LogP contribution in [0.3, 0.4) is 0 Å². The van der Waals surface area contributed by atoms with Gasteiger partial charge in [-0.1, -0.05) is 18.2 Å².